The van der Waals surface area contributed by atoms with Gasteiger partial charge < -0.3 is 9.13 Å². The fourth-order valence-electron chi connectivity index (χ4n) is 11.8. The molecule has 0 bridgehead atoms. The van der Waals surface area contributed by atoms with Gasteiger partial charge in [0.25, 0.3) is 0 Å². The smallest absolute Gasteiger partial charge is 0.220 e. The van der Waals surface area contributed by atoms with Crippen molar-refractivity contribution >= 4 is 134 Å². The van der Waals surface area contributed by atoms with Crippen LogP contribution in [0.3, 0.4) is 0 Å². The third-order valence-corrected chi connectivity index (χ3v) is 17.1. The summed E-state index contributed by atoms with van der Waals surface area (Å²) in [6.07, 6.45) is 0. The Balaban J connectivity index is 1.25. The van der Waals surface area contributed by atoms with Gasteiger partial charge in [0.2, 0.25) is 5.69 Å². The predicted octanol–water partition coefficient (Wildman–Crippen LogP) is 19.8. The molecule has 16 aromatic rings. The number of thiophene rings is 2. The highest BCUT2D eigenvalue weighted by atomic mass is 32.1. The maximum atomic E-state index is 12.5. The molecule has 0 radical (unpaired) electrons. The predicted molar refractivity (Wildman–Crippen MR) is 314 cm³/mol. The van der Waals surface area contributed by atoms with Gasteiger partial charge in [-0.1, -0.05) is 188 Å². The first kappa shape index (κ1) is 31.0. The van der Waals surface area contributed by atoms with E-state index in [1.807, 2.05) is 127 Å². The van der Waals surface area contributed by atoms with Gasteiger partial charge in [0.1, 0.15) is 6.07 Å². The second-order valence-corrected chi connectivity index (χ2v) is 20.4. The quantitative estimate of drug-likeness (QED) is 0.125. The maximum Gasteiger partial charge on any atom is 0.220 e. The normalized spacial score (nSPS) is 14.3. The summed E-state index contributed by atoms with van der Waals surface area (Å²) in [6, 6.07) is 43.0. The molecule has 74 heavy (non-hydrogen) atoms. The van der Waals surface area contributed by atoms with E-state index >= 15 is 0 Å². The van der Waals surface area contributed by atoms with E-state index in [1.54, 1.807) is 28.0 Å². The Morgan fingerprint density at radius 2 is 1.04 bits per heavy atom. The highest BCUT2D eigenvalue weighted by Crippen LogP contribution is 2.56. The first-order valence-electron chi connectivity index (χ1n) is 29.8. The molecule has 0 atom stereocenters. The van der Waals surface area contributed by atoms with Gasteiger partial charge in [-0.15, -0.1) is 22.7 Å². The van der Waals surface area contributed by atoms with E-state index < -0.39 is 60.4 Å². The van der Waals surface area contributed by atoms with E-state index in [4.69, 9.17) is 6.85 Å². The van der Waals surface area contributed by atoms with Crippen LogP contribution in [-0.4, -0.2) is 9.13 Å². The van der Waals surface area contributed by atoms with Crippen LogP contribution in [0.4, 0.5) is 5.69 Å². The van der Waals surface area contributed by atoms with Crippen molar-refractivity contribution in [3.8, 4) is 50.8 Å². The van der Waals surface area contributed by atoms with Gasteiger partial charge in [-0.05, 0) is 74.1 Å². The molecule has 16 rings (SSSR count). The highest BCUT2D eigenvalue weighted by Gasteiger charge is 2.34. The van der Waals surface area contributed by atoms with Crippen LogP contribution in [0.2, 0.25) is 0 Å². The van der Waals surface area contributed by atoms with Gasteiger partial charge in [0.05, 0.1) is 71.4 Å². The van der Waals surface area contributed by atoms with Crippen molar-refractivity contribution in [1.29, 1.82) is 5.26 Å². The molecule has 4 aromatic heterocycles. The zero-order chi connectivity index (χ0) is 59.2. The Bertz CT molecular complexity index is 5860. The number of fused-ring (bicyclic) bond motifs is 14. The lowest BCUT2D eigenvalue weighted by Gasteiger charge is -2.26. The number of rotatable bonds is 5. The van der Waals surface area contributed by atoms with Gasteiger partial charge >= 0.3 is 0 Å². The standard InChI is InChI=1S/C68H36N4S2/c1-70-62-57(40-21-7-3-8-22-40)52(38-69)63(58(41-23-9-4-10-24-41)65(62)71-53-31-17-29-46-42-25-11-12-26-43(42)47-30-18-32-54(71)61(47)60(46)53)72-64-49(36-35-48-44-27-13-15-33-55(44)73-67(48)64)59-50(39-19-5-2-6-20-39)37-51-45-28-14-16-34-56(45)74-68(51)66(59)72/h2-37H/i2D,5D,6D,11D,12D,17D,19D,20D,25D,26D,29D,31D. The number of nitrogens with zero attached hydrogens (tertiary/aromatic N) is 4. The number of benzene rings is 12. The van der Waals surface area contributed by atoms with Crippen molar-refractivity contribution in [2.24, 2.45) is 0 Å². The van der Waals surface area contributed by atoms with Crippen molar-refractivity contribution in [2.45, 2.75) is 0 Å². The molecule has 0 aliphatic carbocycles. The zero-order valence-electron chi connectivity index (χ0n) is 50.5. The minimum absolute atomic E-state index is 0.00241. The first-order valence-corrected chi connectivity index (χ1v) is 25.4. The number of aromatic nitrogens is 2. The minimum atomic E-state index is -0.540. The maximum absolute atomic E-state index is 12.5. The lowest BCUT2D eigenvalue weighted by atomic mass is 9.88. The molecule has 0 aliphatic heterocycles. The van der Waals surface area contributed by atoms with Crippen molar-refractivity contribution in [1.82, 2.24) is 9.13 Å². The van der Waals surface area contributed by atoms with Gasteiger partial charge in [-0.2, -0.15) is 5.26 Å². The molecule has 340 valence electrons. The SMILES string of the molecule is [2H]c1c([2H])c([2H])c(-c2cc3c4ccccc4sc3c3c2c2ccc4c5ccccc5sc4c2n3-c2c(C#N)c(-c3ccccc3)c([N+]#[C-])c(-n3c4cccc5c6c([2H])c([2H])c([2H])c([2H])c6c6c([2H])c([2H])c([2H])c3c6c54)c2-c2ccccc2)c([2H])c1[2H]. The molecule has 0 amide bonds. The van der Waals surface area contributed by atoms with Crippen LogP contribution in [-0.2, 0) is 0 Å². The van der Waals surface area contributed by atoms with Gasteiger partial charge in [0, 0.05) is 63.6 Å². The Kier molecular flexibility index (Phi) is 6.48. The second-order valence-electron chi connectivity index (χ2n) is 18.3. The molecule has 0 aliphatic rings. The number of hydrogen-bond donors (Lipinski definition) is 0. The van der Waals surface area contributed by atoms with Crippen LogP contribution < -0.4 is 0 Å². The van der Waals surface area contributed by atoms with E-state index in [2.05, 4.69) is 21.5 Å². The lowest BCUT2D eigenvalue weighted by molar-refractivity contribution is 1.14. The Labute approximate surface area is 448 Å². The molecular weight excluding hydrogens is 937 g/mol. The summed E-state index contributed by atoms with van der Waals surface area (Å²) in [7, 11) is 0. The summed E-state index contributed by atoms with van der Waals surface area (Å²) in [5.74, 6) is 0. The van der Waals surface area contributed by atoms with E-state index in [-0.39, 0.29) is 61.8 Å². The monoisotopic (exact) mass is 984 g/mol. The molecule has 6 heteroatoms. The number of hydrogen-bond acceptors (Lipinski definition) is 3. The Morgan fingerprint density at radius 1 is 0.446 bits per heavy atom. The molecule has 4 nitrogen and oxygen atoms in total. The van der Waals surface area contributed by atoms with Gasteiger partial charge in [0.15, 0.2) is 0 Å². The van der Waals surface area contributed by atoms with Crippen molar-refractivity contribution < 1.29 is 16.4 Å². The van der Waals surface area contributed by atoms with Crippen molar-refractivity contribution in [3.63, 3.8) is 0 Å². The van der Waals surface area contributed by atoms with Crippen LogP contribution in [0, 0.1) is 17.9 Å². The summed E-state index contributed by atoms with van der Waals surface area (Å²) in [6.45, 7) is 9.53. The van der Waals surface area contributed by atoms with Crippen LogP contribution in [0.5, 0.6) is 0 Å². The van der Waals surface area contributed by atoms with E-state index in [0.717, 1.165) is 40.3 Å². The van der Waals surface area contributed by atoms with Crippen LogP contribution in [0.25, 0.3) is 155 Å². The van der Waals surface area contributed by atoms with Crippen LogP contribution >= 0.6 is 22.7 Å². The topological polar surface area (TPSA) is 38.0 Å². The summed E-state index contributed by atoms with van der Waals surface area (Å²) in [4.78, 5) is 4.46. The Morgan fingerprint density at radius 3 is 1.76 bits per heavy atom. The van der Waals surface area contributed by atoms with Crippen molar-refractivity contribution in [3.05, 3.63) is 235 Å². The van der Waals surface area contributed by atoms with E-state index in [0.29, 0.717) is 71.4 Å². The fraction of sp³-hybridized carbons (Fsp3) is 0. The van der Waals surface area contributed by atoms with Gasteiger partial charge in [-0.3, -0.25) is 0 Å². The largest absolute Gasteiger partial charge is 0.318 e. The fourth-order valence-corrected chi connectivity index (χ4v) is 14.3. The summed E-state index contributed by atoms with van der Waals surface area (Å²) >= 11 is 3.07. The molecule has 0 spiro atoms. The molecule has 4 heterocycles. The summed E-state index contributed by atoms with van der Waals surface area (Å²) in [5, 5.41) is 18.4. The first-order chi connectivity index (χ1) is 41.7. The third-order valence-electron chi connectivity index (χ3n) is 14.7. The molecule has 12 aromatic carbocycles. The second kappa shape index (κ2) is 15.5. The minimum Gasteiger partial charge on any atom is -0.318 e. The molecular formula is C68H36N4S2. The number of nitriles is 1. The average molecular weight is 985 g/mol. The van der Waals surface area contributed by atoms with Crippen LogP contribution in [0.1, 0.15) is 22.0 Å². The molecule has 0 saturated heterocycles. The third kappa shape index (κ3) is 5.43. The summed E-state index contributed by atoms with van der Waals surface area (Å²) in [5.41, 5.74) is 4.24. The van der Waals surface area contributed by atoms with E-state index in [9.17, 15) is 21.4 Å². The zero-order valence-corrected chi connectivity index (χ0v) is 40.1. The summed E-state index contributed by atoms with van der Waals surface area (Å²) < 4.78 is 119. The molecule has 0 N–H and O–H groups in total. The lowest BCUT2D eigenvalue weighted by Crippen LogP contribution is -2.09. The van der Waals surface area contributed by atoms with Gasteiger partial charge in [-0.25, -0.2) is 4.85 Å². The Hall–Kier alpha value is -9.56. The van der Waals surface area contributed by atoms with Crippen molar-refractivity contribution in [2.75, 3.05) is 0 Å². The van der Waals surface area contributed by atoms with E-state index in [1.165, 1.54) is 11.3 Å². The molecule has 0 unspecified atom stereocenters. The highest BCUT2D eigenvalue weighted by molar-refractivity contribution is 7.27. The molecule has 0 fully saturated rings. The van der Waals surface area contributed by atoms with Crippen LogP contribution in [0.15, 0.2) is 218 Å². The molecule has 0 saturated carbocycles. The average Bonchev–Trinajstić information content (AvgIpc) is 1.49.